The standard InChI is InChI=1S/C27H38NO6SSi/c1-25(2,3)20-12-14-22(15-13-20)36(21-10-8-7-9-11-21)34-23(16-19-29)27(17-18-27)35(31,32)28-24(30)33-26(4,5)6/h7-15,23,29H,16-19H2,1-6H3,(H,28,30). The van der Waals surface area contributed by atoms with Crippen molar-refractivity contribution >= 4 is 35.5 Å². The molecule has 0 saturated heterocycles. The molecule has 1 aliphatic carbocycles. The van der Waals surface area contributed by atoms with Crippen molar-refractivity contribution in [1.29, 1.82) is 0 Å². The second kappa shape index (κ2) is 10.7. The third kappa shape index (κ3) is 6.76. The summed E-state index contributed by atoms with van der Waals surface area (Å²) in [5, 5.41) is 11.8. The highest BCUT2D eigenvalue weighted by molar-refractivity contribution is 7.91. The van der Waals surface area contributed by atoms with Gasteiger partial charge in [0.25, 0.3) is 9.04 Å². The highest BCUT2D eigenvalue weighted by Crippen LogP contribution is 2.48. The Bertz CT molecular complexity index is 1130. The van der Waals surface area contributed by atoms with E-state index in [1.165, 1.54) is 5.56 Å². The van der Waals surface area contributed by atoms with Crippen LogP contribution in [0, 0.1) is 0 Å². The number of carbonyl (C=O) groups is 1. The molecule has 0 heterocycles. The number of benzene rings is 2. The average Bonchev–Trinajstić information content (AvgIpc) is 3.58. The molecule has 197 valence electrons. The Hall–Kier alpha value is -2.20. The molecule has 2 aromatic carbocycles. The van der Waals surface area contributed by atoms with Gasteiger partial charge in [0.1, 0.15) is 10.3 Å². The molecule has 0 bridgehead atoms. The van der Waals surface area contributed by atoms with Crippen molar-refractivity contribution in [2.45, 2.75) is 82.7 Å². The molecular weight excluding hydrogens is 494 g/mol. The average molecular weight is 533 g/mol. The smallest absolute Gasteiger partial charge is 0.421 e. The summed E-state index contributed by atoms with van der Waals surface area (Å²) >= 11 is 0. The highest BCUT2D eigenvalue weighted by atomic mass is 32.2. The largest absolute Gasteiger partial charge is 0.443 e. The molecule has 1 atom stereocenters. The van der Waals surface area contributed by atoms with Crippen LogP contribution in [0.5, 0.6) is 0 Å². The summed E-state index contributed by atoms with van der Waals surface area (Å²) in [6, 6.07) is 18.0. The molecule has 2 N–H and O–H groups in total. The van der Waals surface area contributed by atoms with E-state index in [-0.39, 0.29) is 18.4 Å². The summed E-state index contributed by atoms with van der Waals surface area (Å²) in [5.41, 5.74) is 0.355. The summed E-state index contributed by atoms with van der Waals surface area (Å²) < 4.78 is 39.4. The first-order chi connectivity index (χ1) is 16.7. The van der Waals surface area contributed by atoms with Crippen LogP contribution in [-0.4, -0.2) is 51.7 Å². The summed E-state index contributed by atoms with van der Waals surface area (Å²) in [6.07, 6.45) is -0.997. The lowest BCUT2D eigenvalue weighted by atomic mass is 9.87. The van der Waals surface area contributed by atoms with Crippen LogP contribution in [0.3, 0.4) is 0 Å². The van der Waals surface area contributed by atoms with Crippen LogP contribution >= 0.6 is 0 Å². The molecule has 7 nitrogen and oxygen atoms in total. The van der Waals surface area contributed by atoms with Gasteiger partial charge in [-0.2, -0.15) is 0 Å². The minimum atomic E-state index is -4.12. The highest BCUT2D eigenvalue weighted by Gasteiger charge is 2.61. The molecular formula is C27H38NO6SSi. The number of aliphatic hydroxyl groups is 1. The maximum atomic E-state index is 13.4. The number of nitrogens with one attached hydrogen (secondary N) is 1. The molecule has 1 amide bonds. The van der Waals surface area contributed by atoms with E-state index in [0.29, 0.717) is 12.8 Å². The number of amides is 1. The molecule has 0 spiro atoms. The minimum Gasteiger partial charge on any atom is -0.443 e. The second-order valence-electron chi connectivity index (χ2n) is 11.3. The van der Waals surface area contributed by atoms with Gasteiger partial charge in [0.15, 0.2) is 0 Å². The van der Waals surface area contributed by atoms with E-state index in [0.717, 1.165) is 10.4 Å². The van der Waals surface area contributed by atoms with Gasteiger partial charge < -0.3 is 14.3 Å². The van der Waals surface area contributed by atoms with E-state index in [1.54, 1.807) is 20.8 Å². The predicted octanol–water partition coefficient (Wildman–Crippen LogP) is 3.24. The van der Waals surface area contributed by atoms with Crippen LogP contribution in [0.4, 0.5) is 4.79 Å². The molecule has 1 radical (unpaired) electrons. The molecule has 1 unspecified atom stereocenters. The van der Waals surface area contributed by atoms with E-state index in [4.69, 9.17) is 9.16 Å². The van der Waals surface area contributed by atoms with Crippen molar-refractivity contribution in [1.82, 2.24) is 4.72 Å². The lowest BCUT2D eigenvalue weighted by Gasteiger charge is -2.31. The molecule has 2 aromatic rings. The topological polar surface area (TPSA) is 102 Å². The van der Waals surface area contributed by atoms with Crippen molar-refractivity contribution < 1.29 is 27.5 Å². The normalized spacial score (nSPS) is 16.4. The number of carbonyl (C=O) groups excluding carboxylic acids is 1. The Labute approximate surface area is 217 Å². The van der Waals surface area contributed by atoms with E-state index in [9.17, 15) is 18.3 Å². The van der Waals surface area contributed by atoms with E-state index in [2.05, 4.69) is 37.6 Å². The van der Waals surface area contributed by atoms with Crippen LogP contribution < -0.4 is 15.1 Å². The fourth-order valence-electron chi connectivity index (χ4n) is 4.10. The van der Waals surface area contributed by atoms with Gasteiger partial charge >= 0.3 is 6.09 Å². The van der Waals surface area contributed by atoms with Crippen LogP contribution in [0.1, 0.15) is 66.4 Å². The van der Waals surface area contributed by atoms with Gasteiger partial charge in [0.05, 0.1) is 6.10 Å². The number of hydrogen-bond acceptors (Lipinski definition) is 6. The van der Waals surface area contributed by atoms with Gasteiger partial charge in [-0.1, -0.05) is 75.4 Å². The zero-order valence-electron chi connectivity index (χ0n) is 22.0. The molecule has 1 saturated carbocycles. The molecule has 1 aliphatic rings. The molecule has 3 rings (SSSR count). The molecule has 0 aliphatic heterocycles. The monoisotopic (exact) mass is 532 g/mol. The summed E-state index contributed by atoms with van der Waals surface area (Å²) in [4.78, 5) is 12.3. The Morgan fingerprint density at radius 1 is 1.00 bits per heavy atom. The van der Waals surface area contributed by atoms with Crippen LogP contribution in [0.2, 0.25) is 0 Å². The Balaban J connectivity index is 1.94. The minimum absolute atomic E-state index is 0.00204. The zero-order chi connectivity index (χ0) is 26.8. The Kier molecular flexibility index (Phi) is 8.39. The number of ether oxygens (including phenoxy) is 1. The number of rotatable bonds is 9. The fraction of sp³-hybridized carbons (Fsp3) is 0.519. The van der Waals surface area contributed by atoms with Crippen LogP contribution in [0.15, 0.2) is 54.6 Å². The first-order valence-electron chi connectivity index (χ1n) is 12.2. The number of aliphatic hydroxyl groups excluding tert-OH is 1. The predicted molar refractivity (Wildman–Crippen MR) is 143 cm³/mol. The first kappa shape index (κ1) is 28.4. The summed E-state index contributed by atoms with van der Waals surface area (Å²) in [7, 11) is -5.98. The van der Waals surface area contributed by atoms with Crippen molar-refractivity contribution in [3.8, 4) is 0 Å². The van der Waals surface area contributed by atoms with Gasteiger partial charge in [0, 0.05) is 6.61 Å². The fourth-order valence-corrected chi connectivity index (χ4v) is 8.00. The summed E-state index contributed by atoms with van der Waals surface area (Å²) in [6.45, 7) is 11.2. The van der Waals surface area contributed by atoms with E-state index in [1.807, 2.05) is 42.5 Å². The van der Waals surface area contributed by atoms with E-state index >= 15 is 0 Å². The maximum absolute atomic E-state index is 13.4. The second-order valence-corrected chi connectivity index (χ2v) is 15.4. The van der Waals surface area contributed by atoms with Crippen LogP contribution in [0.25, 0.3) is 0 Å². The Morgan fingerprint density at radius 2 is 1.56 bits per heavy atom. The van der Waals surface area contributed by atoms with Gasteiger partial charge in [0.2, 0.25) is 10.0 Å². The lowest BCUT2D eigenvalue weighted by molar-refractivity contribution is 0.0568. The Morgan fingerprint density at radius 3 is 2.03 bits per heavy atom. The quantitative estimate of drug-likeness (QED) is 0.481. The third-order valence-corrected chi connectivity index (χ3v) is 10.6. The van der Waals surface area contributed by atoms with Gasteiger partial charge in [-0.3, -0.25) is 0 Å². The summed E-state index contributed by atoms with van der Waals surface area (Å²) in [5.74, 6) is 0. The SMILES string of the molecule is CC(C)(C)OC(=O)NS(=O)(=O)C1(C(CCO)O[Si](c2ccccc2)c2ccc(C(C)(C)C)cc2)CC1. The van der Waals surface area contributed by atoms with Crippen molar-refractivity contribution in [2.24, 2.45) is 0 Å². The lowest BCUT2D eigenvalue weighted by Crippen LogP contribution is -2.54. The third-order valence-electron chi connectivity index (χ3n) is 6.18. The molecule has 0 aromatic heterocycles. The van der Waals surface area contributed by atoms with Gasteiger partial charge in [-0.25, -0.2) is 17.9 Å². The van der Waals surface area contributed by atoms with Crippen molar-refractivity contribution in [3.05, 3.63) is 60.2 Å². The van der Waals surface area contributed by atoms with Crippen molar-refractivity contribution in [3.63, 3.8) is 0 Å². The molecule has 9 heteroatoms. The zero-order valence-corrected chi connectivity index (χ0v) is 23.8. The van der Waals surface area contributed by atoms with Crippen LogP contribution in [-0.2, 0) is 24.6 Å². The number of sulfonamides is 1. The van der Waals surface area contributed by atoms with Gasteiger partial charge in [-0.15, -0.1) is 0 Å². The number of hydrogen-bond donors (Lipinski definition) is 2. The van der Waals surface area contributed by atoms with Gasteiger partial charge in [-0.05, 0) is 61.4 Å². The molecule has 36 heavy (non-hydrogen) atoms. The first-order valence-corrected chi connectivity index (χ1v) is 15.1. The van der Waals surface area contributed by atoms with E-state index < -0.39 is 41.6 Å². The molecule has 1 fully saturated rings. The maximum Gasteiger partial charge on any atom is 0.421 e. The van der Waals surface area contributed by atoms with Crippen molar-refractivity contribution in [2.75, 3.05) is 6.61 Å².